The van der Waals surface area contributed by atoms with Gasteiger partial charge in [0, 0.05) is 4.88 Å². The maximum absolute atomic E-state index is 12.3. The molecule has 0 aliphatic carbocycles. The predicted molar refractivity (Wildman–Crippen MR) is 104 cm³/mol. The minimum atomic E-state index is -3.88. The number of rotatable bonds is 3. The van der Waals surface area contributed by atoms with Gasteiger partial charge < -0.3 is 0 Å². The largest absolute Gasteiger partial charge is 0.300 e. The number of hydrogen-bond acceptors (Lipinski definition) is 5. The molecule has 2 aromatic rings. The first kappa shape index (κ1) is 18.2. The van der Waals surface area contributed by atoms with Crippen LogP contribution in [0, 0.1) is 13.8 Å². The summed E-state index contributed by atoms with van der Waals surface area (Å²) in [6, 6.07) is 8.24. The van der Waals surface area contributed by atoms with Crippen molar-refractivity contribution in [2.24, 2.45) is 4.40 Å². The molecule has 1 aliphatic rings. The first-order valence-electron chi connectivity index (χ1n) is 7.13. The Labute approximate surface area is 158 Å². The van der Waals surface area contributed by atoms with Crippen LogP contribution >= 0.6 is 34.7 Å². The Kier molecular flexibility index (Phi) is 5.06. The fraction of sp³-hybridized carbons (Fsp3) is 0.125. The van der Waals surface area contributed by atoms with Crippen LogP contribution in [-0.4, -0.2) is 19.5 Å². The first-order valence-corrected chi connectivity index (χ1v) is 10.6. The van der Waals surface area contributed by atoms with Gasteiger partial charge in [0.15, 0.2) is 5.17 Å². The zero-order chi connectivity index (χ0) is 18.2. The number of nitrogens with zero attached hydrogens (tertiary/aromatic N) is 1. The molecule has 1 aromatic heterocycles. The normalized spacial score (nSPS) is 18.1. The number of benzene rings is 1. The van der Waals surface area contributed by atoms with Crippen molar-refractivity contribution in [3.63, 3.8) is 0 Å². The summed E-state index contributed by atoms with van der Waals surface area (Å²) in [5.41, 5.74) is 1.88. The Bertz CT molecular complexity index is 986. The van der Waals surface area contributed by atoms with Gasteiger partial charge in [0.25, 0.3) is 15.9 Å². The van der Waals surface area contributed by atoms with Crippen molar-refractivity contribution >= 4 is 61.9 Å². The highest BCUT2D eigenvalue weighted by molar-refractivity contribution is 8.19. The summed E-state index contributed by atoms with van der Waals surface area (Å²) in [7, 11) is -3.88. The lowest BCUT2D eigenvalue weighted by Gasteiger charge is -2.00. The van der Waals surface area contributed by atoms with Crippen LogP contribution in [0.25, 0.3) is 6.08 Å². The number of sulfonamides is 1. The average molecular weight is 413 g/mol. The van der Waals surface area contributed by atoms with Crippen molar-refractivity contribution in [1.82, 2.24) is 5.32 Å². The average Bonchev–Trinajstić information content (AvgIpc) is 3.01. The summed E-state index contributed by atoms with van der Waals surface area (Å²) in [4.78, 5) is 13.3. The zero-order valence-electron chi connectivity index (χ0n) is 13.2. The SMILES string of the molecule is Cc1ccc(S(=O)(=O)/N=C2/NC(=O)/C(=C/c3cc(C)c(Cl)s3)S2)cc1. The van der Waals surface area contributed by atoms with E-state index in [9.17, 15) is 13.2 Å². The molecule has 0 atom stereocenters. The van der Waals surface area contributed by atoms with Gasteiger partial charge in [-0.1, -0.05) is 29.3 Å². The molecule has 0 radical (unpaired) electrons. The molecule has 0 bridgehead atoms. The van der Waals surface area contributed by atoms with Crippen molar-refractivity contribution in [1.29, 1.82) is 0 Å². The minimum Gasteiger partial charge on any atom is -0.300 e. The fourth-order valence-electron chi connectivity index (χ4n) is 2.03. The van der Waals surface area contributed by atoms with E-state index in [-0.39, 0.29) is 16.0 Å². The molecule has 5 nitrogen and oxygen atoms in total. The number of halogens is 1. The molecule has 3 rings (SSSR count). The van der Waals surface area contributed by atoms with E-state index in [0.717, 1.165) is 27.8 Å². The fourth-order valence-corrected chi connectivity index (χ4v) is 5.24. The topological polar surface area (TPSA) is 75.6 Å². The number of thiophene rings is 1. The number of thioether (sulfide) groups is 1. The lowest BCUT2D eigenvalue weighted by molar-refractivity contribution is -0.115. The van der Waals surface area contributed by atoms with Gasteiger partial charge in [-0.2, -0.15) is 8.42 Å². The van der Waals surface area contributed by atoms with Crippen LogP contribution < -0.4 is 5.32 Å². The molecule has 2 heterocycles. The van der Waals surface area contributed by atoms with Gasteiger partial charge >= 0.3 is 0 Å². The van der Waals surface area contributed by atoms with Crippen LogP contribution in [0.2, 0.25) is 4.34 Å². The van der Waals surface area contributed by atoms with Crippen molar-refractivity contribution in [3.8, 4) is 0 Å². The van der Waals surface area contributed by atoms with E-state index in [4.69, 9.17) is 11.6 Å². The minimum absolute atomic E-state index is 0.0381. The molecule has 9 heteroatoms. The molecular weight excluding hydrogens is 400 g/mol. The first-order chi connectivity index (χ1) is 11.7. The number of hydrogen-bond donors (Lipinski definition) is 1. The standard InChI is InChI=1S/C16H13ClN2O3S3/c1-9-3-5-12(6-4-9)25(21,22)19-16-18-15(20)13(24-16)8-11-7-10(2)14(17)23-11/h3-8H,1-2H3,(H,18,19,20)/b13-8-. The van der Waals surface area contributed by atoms with Gasteiger partial charge in [0.2, 0.25) is 0 Å². The second-order valence-corrected chi connectivity index (χ2v) is 9.68. The molecule has 0 saturated carbocycles. The number of nitrogens with one attached hydrogen (secondary N) is 1. The van der Waals surface area contributed by atoms with E-state index in [1.807, 2.05) is 19.9 Å². The molecule has 1 amide bonds. The van der Waals surface area contributed by atoms with Gasteiger partial charge in [-0.05, 0) is 55.4 Å². The van der Waals surface area contributed by atoms with Crippen molar-refractivity contribution in [2.45, 2.75) is 18.7 Å². The maximum Gasteiger partial charge on any atom is 0.284 e. The second kappa shape index (κ2) is 6.95. The Morgan fingerprint density at radius 2 is 1.88 bits per heavy atom. The number of aryl methyl sites for hydroxylation is 2. The van der Waals surface area contributed by atoms with E-state index in [1.165, 1.54) is 23.5 Å². The second-order valence-electron chi connectivity index (χ2n) is 5.35. The Balaban J connectivity index is 1.86. The summed E-state index contributed by atoms with van der Waals surface area (Å²) < 4.78 is 29.1. The molecular formula is C16H13ClN2O3S3. The molecule has 1 aliphatic heterocycles. The van der Waals surface area contributed by atoms with Crippen LogP contribution in [0.1, 0.15) is 16.0 Å². The highest BCUT2D eigenvalue weighted by Crippen LogP contribution is 2.32. The van der Waals surface area contributed by atoms with Crippen LogP contribution in [0.3, 0.4) is 0 Å². The van der Waals surface area contributed by atoms with E-state index in [2.05, 4.69) is 9.71 Å². The van der Waals surface area contributed by atoms with E-state index in [0.29, 0.717) is 9.24 Å². The Morgan fingerprint density at radius 1 is 1.20 bits per heavy atom. The van der Waals surface area contributed by atoms with Gasteiger partial charge in [-0.3, -0.25) is 10.1 Å². The number of amides is 1. The van der Waals surface area contributed by atoms with E-state index in [1.54, 1.807) is 18.2 Å². The van der Waals surface area contributed by atoms with Gasteiger partial charge in [-0.25, -0.2) is 0 Å². The molecule has 0 unspecified atom stereocenters. The van der Waals surface area contributed by atoms with Crippen molar-refractivity contribution < 1.29 is 13.2 Å². The quantitative estimate of drug-likeness (QED) is 0.774. The summed E-state index contributed by atoms with van der Waals surface area (Å²) in [5.74, 6) is -0.384. The molecule has 1 N–H and O–H groups in total. The molecule has 1 saturated heterocycles. The summed E-state index contributed by atoms with van der Waals surface area (Å²) >= 11 is 8.37. The van der Waals surface area contributed by atoms with Crippen LogP contribution in [0.5, 0.6) is 0 Å². The molecule has 25 heavy (non-hydrogen) atoms. The Morgan fingerprint density at radius 3 is 2.48 bits per heavy atom. The van der Waals surface area contributed by atoms with Crippen LogP contribution in [0.15, 0.2) is 44.5 Å². The third-order valence-corrected chi connectivity index (χ3v) is 7.14. The third kappa shape index (κ3) is 4.14. The summed E-state index contributed by atoms with van der Waals surface area (Å²) in [6.45, 7) is 3.74. The zero-order valence-corrected chi connectivity index (χ0v) is 16.4. The maximum atomic E-state index is 12.3. The highest BCUT2D eigenvalue weighted by atomic mass is 35.5. The van der Waals surface area contributed by atoms with Crippen LogP contribution in [0.4, 0.5) is 0 Å². The number of carbonyl (C=O) groups is 1. The highest BCUT2D eigenvalue weighted by Gasteiger charge is 2.26. The van der Waals surface area contributed by atoms with Gasteiger partial charge in [0.05, 0.1) is 14.1 Å². The van der Waals surface area contributed by atoms with E-state index >= 15 is 0 Å². The van der Waals surface area contributed by atoms with Gasteiger partial charge in [-0.15, -0.1) is 15.7 Å². The molecule has 1 fully saturated rings. The predicted octanol–water partition coefficient (Wildman–Crippen LogP) is 3.97. The lowest BCUT2D eigenvalue weighted by atomic mass is 10.2. The summed E-state index contributed by atoms with van der Waals surface area (Å²) in [5, 5.41) is 2.52. The number of carbonyl (C=O) groups excluding carboxylic acids is 1. The van der Waals surface area contributed by atoms with Gasteiger partial charge in [0.1, 0.15) is 0 Å². The van der Waals surface area contributed by atoms with E-state index < -0.39 is 10.0 Å². The molecule has 130 valence electrons. The number of amidine groups is 1. The Hall–Kier alpha value is -1.61. The lowest BCUT2D eigenvalue weighted by Crippen LogP contribution is -2.20. The third-order valence-electron chi connectivity index (χ3n) is 3.32. The monoisotopic (exact) mass is 412 g/mol. The van der Waals surface area contributed by atoms with Crippen molar-refractivity contribution in [2.75, 3.05) is 0 Å². The molecule has 0 spiro atoms. The van der Waals surface area contributed by atoms with Crippen molar-refractivity contribution in [3.05, 3.63) is 55.6 Å². The molecule has 1 aromatic carbocycles. The summed E-state index contributed by atoms with van der Waals surface area (Å²) in [6.07, 6.45) is 1.67. The van der Waals surface area contributed by atoms with Crippen LogP contribution in [-0.2, 0) is 14.8 Å². The smallest absolute Gasteiger partial charge is 0.284 e.